The van der Waals surface area contributed by atoms with Gasteiger partial charge < -0.3 is 10.2 Å². The molecule has 0 atom stereocenters. The molecule has 0 saturated heterocycles. The highest BCUT2D eigenvalue weighted by Gasteiger charge is 2.22. The smallest absolute Gasteiger partial charge is 0.255 e. The van der Waals surface area contributed by atoms with Crippen molar-refractivity contribution < 1.29 is 18.0 Å². The molecule has 0 bridgehead atoms. The molecule has 0 unspecified atom stereocenters. The molecule has 2 amide bonds. The Morgan fingerprint density at radius 2 is 1.79 bits per heavy atom. The molecule has 156 valence electrons. The van der Waals surface area contributed by atoms with E-state index in [1.165, 1.54) is 39.2 Å². The highest BCUT2D eigenvalue weighted by Crippen LogP contribution is 2.25. The molecule has 0 aromatic heterocycles. The van der Waals surface area contributed by atoms with Crippen molar-refractivity contribution in [1.82, 2.24) is 9.21 Å². The first kappa shape index (κ1) is 22.9. The van der Waals surface area contributed by atoms with Crippen molar-refractivity contribution in [3.8, 4) is 0 Å². The van der Waals surface area contributed by atoms with Crippen LogP contribution in [-0.4, -0.2) is 50.1 Å². The monoisotopic (exact) mass is 437 g/mol. The van der Waals surface area contributed by atoms with E-state index in [9.17, 15) is 18.0 Å². The Morgan fingerprint density at radius 3 is 2.38 bits per heavy atom. The van der Waals surface area contributed by atoms with Gasteiger partial charge in [-0.25, -0.2) is 12.7 Å². The Kier molecular flexibility index (Phi) is 7.40. The lowest BCUT2D eigenvalue weighted by molar-refractivity contribution is -0.129. The number of nitrogens with one attached hydrogen (secondary N) is 1. The average molecular weight is 438 g/mol. The Labute approximate surface area is 176 Å². The molecule has 0 heterocycles. The van der Waals surface area contributed by atoms with Crippen LogP contribution in [0.1, 0.15) is 29.8 Å². The van der Waals surface area contributed by atoms with E-state index >= 15 is 0 Å². The molecule has 0 saturated carbocycles. The van der Waals surface area contributed by atoms with Gasteiger partial charge in [0.05, 0.1) is 5.02 Å². The molecule has 0 aliphatic rings. The Balaban J connectivity index is 2.25. The van der Waals surface area contributed by atoms with Crippen molar-refractivity contribution >= 4 is 39.1 Å². The van der Waals surface area contributed by atoms with Crippen molar-refractivity contribution in [3.63, 3.8) is 0 Å². The van der Waals surface area contributed by atoms with E-state index in [0.29, 0.717) is 18.8 Å². The summed E-state index contributed by atoms with van der Waals surface area (Å²) in [6, 6.07) is 11.2. The number of hydrogen-bond acceptors (Lipinski definition) is 4. The first-order valence-electron chi connectivity index (χ1n) is 8.94. The molecule has 2 aromatic rings. The fourth-order valence-electron chi connectivity index (χ4n) is 2.66. The van der Waals surface area contributed by atoms with Gasteiger partial charge in [-0.15, -0.1) is 0 Å². The highest BCUT2D eigenvalue weighted by atomic mass is 35.5. The second-order valence-corrected chi connectivity index (χ2v) is 9.15. The van der Waals surface area contributed by atoms with Crippen molar-refractivity contribution in [2.45, 2.75) is 25.3 Å². The number of sulfonamides is 1. The van der Waals surface area contributed by atoms with Gasteiger partial charge in [-0.05, 0) is 42.8 Å². The van der Waals surface area contributed by atoms with E-state index in [4.69, 9.17) is 11.6 Å². The Bertz CT molecular complexity index is 1020. The topological polar surface area (TPSA) is 86.8 Å². The van der Waals surface area contributed by atoms with Crippen molar-refractivity contribution in [3.05, 3.63) is 58.6 Å². The van der Waals surface area contributed by atoms with Gasteiger partial charge in [-0.3, -0.25) is 9.59 Å². The normalized spacial score (nSPS) is 11.4. The Morgan fingerprint density at radius 1 is 1.10 bits per heavy atom. The van der Waals surface area contributed by atoms with E-state index in [2.05, 4.69) is 5.32 Å². The van der Waals surface area contributed by atoms with Crippen LogP contribution >= 0.6 is 11.6 Å². The lowest BCUT2D eigenvalue weighted by atomic mass is 10.1. The van der Waals surface area contributed by atoms with E-state index in [1.807, 2.05) is 13.0 Å². The van der Waals surface area contributed by atoms with Crippen LogP contribution in [0.25, 0.3) is 0 Å². The van der Waals surface area contributed by atoms with E-state index in [1.54, 1.807) is 23.1 Å². The maximum atomic E-state index is 12.6. The molecule has 7 nitrogen and oxygen atoms in total. The quantitative estimate of drug-likeness (QED) is 0.720. The number of carbonyl (C=O) groups is 2. The fourth-order valence-corrected chi connectivity index (χ4v) is 4.05. The molecule has 0 radical (unpaired) electrons. The first-order valence-corrected chi connectivity index (χ1v) is 10.8. The third kappa shape index (κ3) is 5.56. The molecule has 29 heavy (non-hydrogen) atoms. The predicted molar refractivity (Wildman–Crippen MR) is 113 cm³/mol. The number of rotatable bonds is 7. The summed E-state index contributed by atoms with van der Waals surface area (Å²) >= 11 is 6.03. The molecule has 0 spiro atoms. The highest BCUT2D eigenvalue weighted by molar-refractivity contribution is 7.89. The number of nitrogens with zero attached hydrogens (tertiary/aromatic N) is 2. The lowest BCUT2D eigenvalue weighted by Crippen LogP contribution is -2.27. The average Bonchev–Trinajstić information content (AvgIpc) is 2.66. The molecule has 0 aliphatic carbocycles. The summed E-state index contributed by atoms with van der Waals surface area (Å²) in [4.78, 5) is 25.8. The summed E-state index contributed by atoms with van der Waals surface area (Å²) < 4.78 is 25.8. The zero-order valence-corrected chi connectivity index (χ0v) is 18.3. The molecule has 9 heteroatoms. The number of anilines is 1. The molecular weight excluding hydrogens is 414 g/mol. The van der Waals surface area contributed by atoms with Gasteiger partial charge in [0.15, 0.2) is 0 Å². The Hall–Kier alpha value is -2.42. The second kappa shape index (κ2) is 9.39. The number of benzene rings is 2. The lowest BCUT2D eigenvalue weighted by Gasteiger charge is -2.19. The summed E-state index contributed by atoms with van der Waals surface area (Å²) in [7, 11) is -0.997. The number of hydrogen-bond donors (Lipinski definition) is 1. The second-order valence-electron chi connectivity index (χ2n) is 6.62. The van der Waals surface area contributed by atoms with Gasteiger partial charge in [0.2, 0.25) is 15.9 Å². The van der Waals surface area contributed by atoms with Gasteiger partial charge in [0.25, 0.3) is 5.91 Å². The van der Waals surface area contributed by atoms with Gasteiger partial charge in [0, 0.05) is 45.4 Å². The summed E-state index contributed by atoms with van der Waals surface area (Å²) in [5, 5.41) is 2.80. The van der Waals surface area contributed by atoms with Crippen LogP contribution in [0.3, 0.4) is 0 Å². The fraction of sp³-hybridized carbons (Fsp3) is 0.300. The van der Waals surface area contributed by atoms with Crippen molar-refractivity contribution in [2.75, 3.05) is 26.0 Å². The maximum Gasteiger partial charge on any atom is 0.255 e. The zero-order valence-electron chi connectivity index (χ0n) is 16.8. The van der Waals surface area contributed by atoms with Gasteiger partial charge >= 0.3 is 0 Å². The molecular formula is C20H24ClN3O4S. The minimum Gasteiger partial charge on any atom is -0.339 e. The summed E-state index contributed by atoms with van der Waals surface area (Å²) in [5.41, 5.74) is 1.57. The van der Waals surface area contributed by atoms with Gasteiger partial charge in [-0.1, -0.05) is 23.7 Å². The van der Waals surface area contributed by atoms with Crippen molar-refractivity contribution in [1.29, 1.82) is 0 Å². The summed E-state index contributed by atoms with van der Waals surface area (Å²) in [6.45, 7) is 4.42. The first-order chi connectivity index (χ1) is 13.6. The SMILES string of the molecule is CCN(Cc1cccc(NC(=O)c2ccc(Cl)c(S(=O)(=O)N(C)C)c2)c1)C(C)=O. The molecule has 0 fully saturated rings. The van der Waals surface area contributed by atoms with Crippen LogP contribution in [0.15, 0.2) is 47.4 Å². The van der Waals surface area contributed by atoms with Crippen LogP contribution in [0, 0.1) is 0 Å². The van der Waals surface area contributed by atoms with Crippen LogP contribution in [0.4, 0.5) is 5.69 Å². The van der Waals surface area contributed by atoms with E-state index in [0.717, 1.165) is 9.87 Å². The van der Waals surface area contributed by atoms with Crippen LogP contribution in [0.2, 0.25) is 5.02 Å². The van der Waals surface area contributed by atoms with E-state index < -0.39 is 15.9 Å². The van der Waals surface area contributed by atoms with Crippen LogP contribution in [0.5, 0.6) is 0 Å². The van der Waals surface area contributed by atoms with Crippen LogP contribution < -0.4 is 5.32 Å². The minimum absolute atomic E-state index is 0.0299. The summed E-state index contributed by atoms with van der Waals surface area (Å²) in [5.74, 6) is -0.495. The number of carbonyl (C=O) groups excluding carboxylic acids is 2. The molecule has 0 aliphatic heterocycles. The van der Waals surface area contributed by atoms with Crippen molar-refractivity contribution in [2.24, 2.45) is 0 Å². The zero-order chi connectivity index (χ0) is 21.8. The summed E-state index contributed by atoms with van der Waals surface area (Å²) in [6.07, 6.45) is 0. The molecule has 1 N–H and O–H groups in total. The van der Waals surface area contributed by atoms with E-state index in [-0.39, 0.29) is 21.4 Å². The number of amides is 2. The van der Waals surface area contributed by atoms with Crippen LogP contribution in [-0.2, 0) is 21.4 Å². The third-order valence-electron chi connectivity index (χ3n) is 4.34. The minimum atomic E-state index is -3.78. The molecule has 2 rings (SSSR count). The predicted octanol–water partition coefficient (Wildman–Crippen LogP) is 3.21. The maximum absolute atomic E-state index is 12.6. The standard InChI is InChI=1S/C20H24ClN3O4S/c1-5-24(14(2)25)13-15-7-6-8-17(11-15)22-20(26)16-9-10-18(21)19(12-16)29(27,28)23(3)4/h6-12H,5,13H2,1-4H3,(H,22,26). The largest absolute Gasteiger partial charge is 0.339 e. The number of halogens is 1. The third-order valence-corrected chi connectivity index (χ3v) is 6.63. The van der Waals surface area contributed by atoms with Gasteiger partial charge in [-0.2, -0.15) is 0 Å². The molecule has 2 aromatic carbocycles. The van der Waals surface area contributed by atoms with Gasteiger partial charge in [0.1, 0.15) is 4.90 Å².